The van der Waals surface area contributed by atoms with E-state index in [0.29, 0.717) is 25.7 Å². The van der Waals surface area contributed by atoms with E-state index in [2.05, 4.69) is 6.58 Å². The number of aliphatic carboxylic acids is 1. The minimum absolute atomic E-state index is 0.0225. The van der Waals surface area contributed by atoms with Gasteiger partial charge in [0.1, 0.15) is 5.60 Å². The molecular weight excluding hydrogens is 308 g/mol. The molecule has 5 aliphatic rings. The van der Waals surface area contributed by atoms with Gasteiger partial charge in [-0.1, -0.05) is 18.2 Å². The summed E-state index contributed by atoms with van der Waals surface area (Å²) in [6.07, 6.45) is 5.66. The molecule has 4 fully saturated rings. The summed E-state index contributed by atoms with van der Waals surface area (Å²) in [4.78, 5) is 25.0. The minimum Gasteiger partial charge on any atom is -0.481 e. The number of hydrogen-bond acceptors (Lipinski definition) is 4. The van der Waals surface area contributed by atoms with Crippen LogP contribution in [-0.4, -0.2) is 33.9 Å². The second kappa shape index (κ2) is 3.96. The molecule has 1 aliphatic heterocycles. The van der Waals surface area contributed by atoms with Crippen LogP contribution in [0.4, 0.5) is 0 Å². The zero-order valence-electron chi connectivity index (χ0n) is 13.7. The molecule has 5 heteroatoms. The van der Waals surface area contributed by atoms with E-state index in [-0.39, 0.29) is 23.7 Å². The van der Waals surface area contributed by atoms with Gasteiger partial charge in [-0.25, -0.2) is 0 Å². The highest BCUT2D eigenvalue weighted by Gasteiger charge is 2.81. The lowest BCUT2D eigenvalue weighted by Crippen LogP contribution is -2.46. The summed E-state index contributed by atoms with van der Waals surface area (Å²) < 4.78 is 5.95. The average Bonchev–Trinajstić information content (AvgIpc) is 2.96. The standard InChI is InChI=1S/C19H22O5/c1-9-7-18-8-10(9)11(20)6-12(18)19-5-3-4-17(2,16(23)24-19)14(19)13(18)15(21)22/h3,5,10-14,20H,1,4,6-8H2,2H3,(H,21,22)/t10-,11-,12-,13-,14-,17-,18+,19-/m1/s1. The lowest BCUT2D eigenvalue weighted by Gasteiger charge is -2.44. The lowest BCUT2D eigenvalue weighted by atomic mass is 9.62. The molecule has 1 spiro atoms. The summed E-state index contributed by atoms with van der Waals surface area (Å²) in [6.45, 7) is 5.98. The summed E-state index contributed by atoms with van der Waals surface area (Å²) in [5.74, 6) is -2.28. The van der Waals surface area contributed by atoms with Crippen molar-refractivity contribution in [2.24, 2.45) is 34.5 Å². The first kappa shape index (κ1) is 14.7. The van der Waals surface area contributed by atoms with E-state index in [9.17, 15) is 19.8 Å². The predicted octanol–water partition coefficient (Wildman–Crippen LogP) is 1.91. The van der Waals surface area contributed by atoms with E-state index in [1.807, 2.05) is 19.1 Å². The molecular formula is C19H22O5. The van der Waals surface area contributed by atoms with Crippen LogP contribution >= 0.6 is 0 Å². The summed E-state index contributed by atoms with van der Waals surface area (Å²) in [6, 6.07) is 0. The molecule has 24 heavy (non-hydrogen) atoms. The number of carbonyl (C=O) groups is 2. The molecule has 8 atom stereocenters. The highest BCUT2D eigenvalue weighted by Crippen LogP contribution is 2.76. The van der Waals surface area contributed by atoms with Crippen LogP contribution in [-0.2, 0) is 14.3 Å². The first-order chi connectivity index (χ1) is 11.3. The fourth-order valence-electron chi connectivity index (χ4n) is 7.14. The van der Waals surface area contributed by atoms with Gasteiger partial charge in [0.2, 0.25) is 0 Å². The lowest BCUT2D eigenvalue weighted by molar-refractivity contribution is -0.160. The van der Waals surface area contributed by atoms with Crippen molar-refractivity contribution in [3.05, 3.63) is 24.3 Å². The Morgan fingerprint density at radius 2 is 2.21 bits per heavy atom. The molecule has 2 N–H and O–H groups in total. The van der Waals surface area contributed by atoms with E-state index in [1.54, 1.807) is 0 Å². The molecule has 5 rings (SSSR count). The van der Waals surface area contributed by atoms with Crippen LogP contribution in [0.3, 0.4) is 0 Å². The average molecular weight is 330 g/mol. The summed E-state index contributed by atoms with van der Waals surface area (Å²) in [5, 5.41) is 20.7. The monoisotopic (exact) mass is 330 g/mol. The van der Waals surface area contributed by atoms with Crippen LogP contribution in [0.2, 0.25) is 0 Å². The first-order valence-corrected chi connectivity index (χ1v) is 8.76. The topological polar surface area (TPSA) is 83.8 Å². The van der Waals surface area contributed by atoms with Gasteiger partial charge in [0, 0.05) is 17.8 Å². The fourth-order valence-corrected chi connectivity index (χ4v) is 7.14. The largest absolute Gasteiger partial charge is 0.481 e. The Labute approximate surface area is 140 Å². The number of fused-ring (bicyclic) bond motifs is 1. The van der Waals surface area contributed by atoms with E-state index < -0.39 is 34.4 Å². The zero-order chi connectivity index (χ0) is 17.1. The van der Waals surface area contributed by atoms with E-state index in [1.165, 1.54) is 0 Å². The first-order valence-electron chi connectivity index (χ1n) is 8.76. The number of esters is 1. The van der Waals surface area contributed by atoms with Crippen molar-refractivity contribution < 1.29 is 24.5 Å². The number of aliphatic hydroxyl groups is 1. The van der Waals surface area contributed by atoms with Gasteiger partial charge in [0.15, 0.2) is 0 Å². The fraction of sp³-hybridized carbons (Fsp3) is 0.684. The molecule has 0 aromatic heterocycles. The second-order valence-corrected chi connectivity index (χ2v) is 8.80. The summed E-state index contributed by atoms with van der Waals surface area (Å²) in [5.41, 5.74) is -1.14. The molecule has 0 amide bonds. The van der Waals surface area contributed by atoms with Gasteiger partial charge >= 0.3 is 11.9 Å². The summed E-state index contributed by atoms with van der Waals surface area (Å²) in [7, 11) is 0. The molecule has 0 unspecified atom stereocenters. The third-order valence-corrected chi connectivity index (χ3v) is 7.91. The molecule has 3 saturated carbocycles. The molecule has 128 valence electrons. The van der Waals surface area contributed by atoms with Crippen molar-refractivity contribution in [1.29, 1.82) is 0 Å². The van der Waals surface area contributed by atoms with Crippen LogP contribution in [0.5, 0.6) is 0 Å². The Morgan fingerprint density at radius 1 is 1.46 bits per heavy atom. The van der Waals surface area contributed by atoms with E-state index in [4.69, 9.17) is 4.74 Å². The number of hydrogen-bond donors (Lipinski definition) is 2. The van der Waals surface area contributed by atoms with Crippen molar-refractivity contribution in [2.45, 2.75) is 44.3 Å². The van der Waals surface area contributed by atoms with Crippen molar-refractivity contribution >= 4 is 11.9 Å². The predicted molar refractivity (Wildman–Crippen MR) is 83.7 cm³/mol. The number of carbonyl (C=O) groups excluding carboxylic acids is 1. The normalized spacial score (nSPS) is 56.8. The van der Waals surface area contributed by atoms with E-state index >= 15 is 0 Å². The van der Waals surface area contributed by atoms with Gasteiger partial charge in [0.25, 0.3) is 0 Å². The zero-order valence-corrected chi connectivity index (χ0v) is 13.7. The number of carboxylic acids is 1. The van der Waals surface area contributed by atoms with Gasteiger partial charge in [-0.2, -0.15) is 0 Å². The third-order valence-electron chi connectivity index (χ3n) is 7.91. The van der Waals surface area contributed by atoms with Crippen molar-refractivity contribution in [3.63, 3.8) is 0 Å². The Bertz CT molecular complexity index is 725. The number of rotatable bonds is 1. The Hall–Kier alpha value is -1.62. The van der Waals surface area contributed by atoms with Crippen LogP contribution in [0.15, 0.2) is 24.3 Å². The molecule has 0 aromatic carbocycles. The van der Waals surface area contributed by atoms with Gasteiger partial charge < -0.3 is 14.9 Å². The highest BCUT2D eigenvalue weighted by atomic mass is 16.6. The molecule has 5 nitrogen and oxygen atoms in total. The van der Waals surface area contributed by atoms with Crippen molar-refractivity contribution in [1.82, 2.24) is 0 Å². The Balaban J connectivity index is 1.78. The smallest absolute Gasteiger partial charge is 0.313 e. The number of aliphatic hydroxyl groups excluding tert-OH is 1. The van der Waals surface area contributed by atoms with Crippen LogP contribution in [0.25, 0.3) is 0 Å². The van der Waals surface area contributed by atoms with Crippen LogP contribution in [0.1, 0.15) is 32.6 Å². The van der Waals surface area contributed by atoms with Crippen LogP contribution in [0, 0.1) is 34.5 Å². The highest BCUT2D eigenvalue weighted by molar-refractivity contribution is 5.85. The molecule has 1 heterocycles. The van der Waals surface area contributed by atoms with E-state index in [0.717, 1.165) is 5.57 Å². The SMILES string of the molecule is C=C1C[C@]23C[C@H]1[C@H](O)C[C@H]2[C@@]12C=CC[C@@](C)(C(=O)O1)[C@H]2[C@@H]3C(=O)O. The van der Waals surface area contributed by atoms with Gasteiger partial charge in [-0.05, 0) is 44.1 Å². The van der Waals surface area contributed by atoms with Crippen molar-refractivity contribution in [2.75, 3.05) is 0 Å². The molecule has 4 aliphatic carbocycles. The molecule has 1 saturated heterocycles. The van der Waals surface area contributed by atoms with Crippen LogP contribution < -0.4 is 0 Å². The molecule has 0 radical (unpaired) electrons. The maximum absolute atomic E-state index is 12.6. The maximum atomic E-state index is 12.6. The summed E-state index contributed by atoms with van der Waals surface area (Å²) >= 11 is 0. The van der Waals surface area contributed by atoms with Crippen molar-refractivity contribution in [3.8, 4) is 0 Å². The van der Waals surface area contributed by atoms with Gasteiger partial charge in [0.05, 0.1) is 17.4 Å². The Kier molecular flexibility index (Phi) is 2.42. The molecule has 0 aromatic rings. The number of ether oxygens (including phenoxy) is 1. The third kappa shape index (κ3) is 1.28. The number of allylic oxidation sites excluding steroid dienone is 1. The van der Waals surface area contributed by atoms with Gasteiger partial charge in [-0.15, -0.1) is 0 Å². The Morgan fingerprint density at radius 3 is 2.92 bits per heavy atom. The quantitative estimate of drug-likeness (QED) is 0.567. The minimum atomic E-state index is -0.871. The second-order valence-electron chi connectivity index (χ2n) is 8.80. The number of carboxylic acid groups (broad SMARTS) is 1. The van der Waals surface area contributed by atoms with Gasteiger partial charge in [-0.3, -0.25) is 9.59 Å². The maximum Gasteiger partial charge on any atom is 0.313 e. The molecule has 4 bridgehead atoms.